The molecule has 88 valence electrons. The van der Waals surface area contributed by atoms with Crippen molar-refractivity contribution in [2.75, 3.05) is 11.1 Å². The van der Waals surface area contributed by atoms with Gasteiger partial charge in [-0.3, -0.25) is 0 Å². The Labute approximate surface area is 117 Å². The first-order valence-corrected chi connectivity index (χ1v) is 6.24. The summed E-state index contributed by atoms with van der Waals surface area (Å²) in [5.41, 5.74) is 7.07. The Balaban J connectivity index is 2.34. The van der Waals surface area contributed by atoms with Crippen LogP contribution in [0.15, 0.2) is 34.9 Å². The molecule has 0 aliphatic carbocycles. The molecule has 0 fully saturated rings. The van der Waals surface area contributed by atoms with E-state index in [1.807, 2.05) is 6.07 Å². The fourth-order valence-corrected chi connectivity index (χ4v) is 1.96. The Morgan fingerprint density at radius 2 is 1.94 bits per heavy atom. The lowest BCUT2D eigenvalue weighted by atomic mass is 10.3. The van der Waals surface area contributed by atoms with Gasteiger partial charge in [0.05, 0.1) is 16.4 Å². The molecule has 1 aromatic heterocycles. The molecular weight excluding hydrogens is 325 g/mol. The summed E-state index contributed by atoms with van der Waals surface area (Å²) in [7, 11) is 0. The number of nitrogens with one attached hydrogen (secondary N) is 1. The van der Waals surface area contributed by atoms with E-state index in [0.29, 0.717) is 21.6 Å². The predicted octanol–water partition coefficient (Wildman–Crippen LogP) is 4.48. The number of anilines is 3. The summed E-state index contributed by atoms with van der Waals surface area (Å²) in [6, 6.07) is 7.04. The fraction of sp³-hybridized carbons (Fsp3) is 0. The minimum Gasteiger partial charge on any atom is -0.396 e. The van der Waals surface area contributed by atoms with Gasteiger partial charge in [0, 0.05) is 15.7 Å². The molecule has 0 atom stereocenters. The molecule has 0 radical (unpaired) electrons. The number of hydrogen-bond donors (Lipinski definition) is 2. The third-order valence-corrected chi connectivity index (χ3v) is 3.20. The predicted molar refractivity (Wildman–Crippen MR) is 76.1 cm³/mol. The van der Waals surface area contributed by atoms with Crippen molar-refractivity contribution in [3.63, 3.8) is 0 Å². The molecule has 0 unspecified atom stereocenters. The summed E-state index contributed by atoms with van der Waals surface area (Å²) in [5.74, 6) is 0.539. The normalized spacial score (nSPS) is 10.3. The lowest BCUT2D eigenvalue weighted by Crippen LogP contribution is -1.99. The number of pyridine rings is 1. The summed E-state index contributed by atoms with van der Waals surface area (Å²) >= 11 is 15.1. The van der Waals surface area contributed by atoms with Crippen LogP contribution in [0.5, 0.6) is 0 Å². The number of aromatic nitrogens is 1. The quantitative estimate of drug-likeness (QED) is 0.852. The number of benzene rings is 1. The lowest BCUT2D eigenvalue weighted by molar-refractivity contribution is 1.31. The van der Waals surface area contributed by atoms with Gasteiger partial charge in [0.25, 0.3) is 0 Å². The van der Waals surface area contributed by atoms with E-state index in [-0.39, 0.29) is 0 Å². The van der Waals surface area contributed by atoms with Gasteiger partial charge >= 0.3 is 0 Å². The lowest BCUT2D eigenvalue weighted by Gasteiger charge is -2.10. The zero-order valence-electron chi connectivity index (χ0n) is 8.55. The molecule has 2 rings (SSSR count). The van der Waals surface area contributed by atoms with E-state index < -0.39 is 0 Å². The number of nitrogens with zero attached hydrogens (tertiary/aromatic N) is 1. The Morgan fingerprint density at radius 1 is 1.18 bits per heavy atom. The number of nitrogen functional groups attached to an aromatic ring is 1. The van der Waals surface area contributed by atoms with E-state index >= 15 is 0 Å². The molecule has 3 N–H and O–H groups in total. The SMILES string of the molecule is Nc1cc(Cl)cnc1Nc1cc(Cl)ccc1Br. The van der Waals surface area contributed by atoms with E-state index in [9.17, 15) is 0 Å². The Kier molecular flexibility index (Phi) is 3.76. The van der Waals surface area contributed by atoms with Crippen molar-refractivity contribution in [2.45, 2.75) is 0 Å². The van der Waals surface area contributed by atoms with Crippen LogP contribution in [0.1, 0.15) is 0 Å². The average Bonchev–Trinajstić information content (AvgIpc) is 2.27. The smallest absolute Gasteiger partial charge is 0.153 e. The first kappa shape index (κ1) is 12.5. The Morgan fingerprint density at radius 3 is 2.65 bits per heavy atom. The van der Waals surface area contributed by atoms with Gasteiger partial charge in [0.2, 0.25) is 0 Å². The monoisotopic (exact) mass is 331 g/mol. The number of rotatable bonds is 2. The van der Waals surface area contributed by atoms with Gasteiger partial charge in [0.1, 0.15) is 0 Å². The van der Waals surface area contributed by atoms with Gasteiger partial charge in [-0.2, -0.15) is 0 Å². The number of halogens is 3. The molecule has 0 amide bonds. The highest BCUT2D eigenvalue weighted by Gasteiger charge is 2.05. The molecule has 0 spiro atoms. The summed E-state index contributed by atoms with van der Waals surface area (Å²) in [6.45, 7) is 0. The molecule has 6 heteroatoms. The molecule has 1 aromatic carbocycles. The zero-order valence-corrected chi connectivity index (χ0v) is 11.6. The highest BCUT2D eigenvalue weighted by molar-refractivity contribution is 9.10. The van der Waals surface area contributed by atoms with Crippen LogP contribution in [0.2, 0.25) is 10.0 Å². The molecule has 3 nitrogen and oxygen atoms in total. The molecule has 0 saturated heterocycles. The Hall–Kier alpha value is -0.970. The van der Waals surface area contributed by atoms with E-state index in [4.69, 9.17) is 28.9 Å². The zero-order chi connectivity index (χ0) is 12.4. The topological polar surface area (TPSA) is 50.9 Å². The maximum Gasteiger partial charge on any atom is 0.153 e. The van der Waals surface area contributed by atoms with Gasteiger partial charge in [-0.15, -0.1) is 0 Å². The van der Waals surface area contributed by atoms with Crippen molar-refractivity contribution < 1.29 is 0 Å². The second-order valence-electron chi connectivity index (χ2n) is 3.34. The molecule has 17 heavy (non-hydrogen) atoms. The second-order valence-corrected chi connectivity index (χ2v) is 5.07. The van der Waals surface area contributed by atoms with E-state index in [2.05, 4.69) is 26.2 Å². The van der Waals surface area contributed by atoms with Crippen LogP contribution in [0.25, 0.3) is 0 Å². The molecule has 0 bridgehead atoms. The van der Waals surface area contributed by atoms with Crippen molar-refractivity contribution >= 4 is 56.3 Å². The van der Waals surface area contributed by atoms with Gasteiger partial charge in [-0.1, -0.05) is 23.2 Å². The minimum atomic E-state index is 0.476. The van der Waals surface area contributed by atoms with Crippen LogP contribution >= 0.6 is 39.1 Å². The maximum atomic E-state index is 5.91. The molecule has 0 aliphatic heterocycles. The van der Waals surface area contributed by atoms with E-state index in [0.717, 1.165) is 10.2 Å². The minimum absolute atomic E-state index is 0.476. The van der Waals surface area contributed by atoms with Crippen molar-refractivity contribution in [3.05, 3.63) is 45.0 Å². The average molecular weight is 333 g/mol. The molecular formula is C11H8BrCl2N3. The molecule has 2 aromatic rings. The number of hydrogen-bond acceptors (Lipinski definition) is 3. The molecule has 0 saturated carbocycles. The van der Waals surface area contributed by atoms with Gasteiger partial charge in [-0.05, 0) is 40.2 Å². The van der Waals surface area contributed by atoms with Crippen LogP contribution < -0.4 is 11.1 Å². The van der Waals surface area contributed by atoms with Crippen LogP contribution in [0.3, 0.4) is 0 Å². The summed E-state index contributed by atoms with van der Waals surface area (Å²) in [5, 5.41) is 4.21. The maximum absolute atomic E-state index is 5.91. The molecule has 0 aliphatic rings. The second kappa shape index (κ2) is 5.12. The van der Waals surface area contributed by atoms with Crippen molar-refractivity contribution in [1.29, 1.82) is 0 Å². The first-order valence-electron chi connectivity index (χ1n) is 4.69. The van der Waals surface area contributed by atoms with Crippen LogP contribution in [0, 0.1) is 0 Å². The largest absolute Gasteiger partial charge is 0.396 e. The van der Waals surface area contributed by atoms with Crippen molar-refractivity contribution in [3.8, 4) is 0 Å². The molecule has 1 heterocycles. The van der Waals surface area contributed by atoms with Crippen molar-refractivity contribution in [2.24, 2.45) is 0 Å². The standard InChI is InChI=1S/C11H8BrCl2N3/c12-8-2-1-6(13)4-10(8)17-11-9(15)3-7(14)5-16-11/h1-5H,15H2,(H,16,17). The van der Waals surface area contributed by atoms with E-state index in [1.54, 1.807) is 18.2 Å². The fourth-order valence-electron chi connectivity index (χ4n) is 1.28. The van der Waals surface area contributed by atoms with E-state index in [1.165, 1.54) is 6.20 Å². The third kappa shape index (κ3) is 3.03. The van der Waals surface area contributed by atoms with Crippen molar-refractivity contribution in [1.82, 2.24) is 4.98 Å². The van der Waals surface area contributed by atoms with Crippen LogP contribution in [-0.4, -0.2) is 4.98 Å². The highest BCUT2D eigenvalue weighted by atomic mass is 79.9. The summed E-state index contributed by atoms with van der Waals surface area (Å²) in [6.07, 6.45) is 1.53. The Bertz CT molecular complexity index is 560. The summed E-state index contributed by atoms with van der Waals surface area (Å²) < 4.78 is 0.873. The number of nitrogens with two attached hydrogens (primary N) is 1. The first-order chi connectivity index (χ1) is 8.06. The van der Waals surface area contributed by atoms with Gasteiger partial charge in [-0.25, -0.2) is 4.98 Å². The van der Waals surface area contributed by atoms with Gasteiger partial charge < -0.3 is 11.1 Å². The third-order valence-electron chi connectivity index (χ3n) is 2.07. The summed E-state index contributed by atoms with van der Waals surface area (Å²) in [4.78, 5) is 4.11. The van der Waals surface area contributed by atoms with Gasteiger partial charge in [0.15, 0.2) is 5.82 Å². The van der Waals surface area contributed by atoms with Crippen LogP contribution in [0.4, 0.5) is 17.2 Å². The van der Waals surface area contributed by atoms with Crippen LogP contribution in [-0.2, 0) is 0 Å². The highest BCUT2D eigenvalue weighted by Crippen LogP contribution is 2.30.